The minimum Gasteiger partial charge on any atom is -0.275 e. The van der Waals surface area contributed by atoms with Gasteiger partial charge in [0.15, 0.2) is 16.9 Å². The number of hydrogen-bond acceptors (Lipinski definition) is 2. The number of unbranched alkanes of at least 4 members (excludes halogenated alkanes) is 1. The highest BCUT2D eigenvalue weighted by Crippen LogP contribution is 2.02. The Bertz CT molecular complexity index is 64.4. The maximum absolute atomic E-state index is 9.78. The normalized spacial score (nSPS) is 10.5. The van der Waals surface area contributed by atoms with Crippen molar-refractivity contribution in [2.45, 2.75) is 12.8 Å². The molecular weight excluding hydrogens is 142 g/mol. The molecule has 0 aliphatic carbocycles. The van der Waals surface area contributed by atoms with E-state index < -0.39 is 0 Å². The minimum absolute atomic E-state index is 0.205. The standard InChI is InChI=1S/C4H8O2P2/c5-7-3-1-2-4-8-6/h1-4H2. The summed E-state index contributed by atoms with van der Waals surface area (Å²) in [7, 11) is 0.411. The zero-order chi connectivity index (χ0) is 6.24. The summed E-state index contributed by atoms with van der Waals surface area (Å²) in [6.45, 7) is 0. The summed E-state index contributed by atoms with van der Waals surface area (Å²) in [5.74, 6) is 0. The van der Waals surface area contributed by atoms with Crippen LogP contribution in [0.5, 0.6) is 0 Å². The van der Waals surface area contributed by atoms with Gasteiger partial charge in [-0.25, -0.2) is 0 Å². The van der Waals surface area contributed by atoms with Crippen molar-refractivity contribution in [2.24, 2.45) is 0 Å². The van der Waals surface area contributed by atoms with Gasteiger partial charge in [-0.1, -0.05) is 0 Å². The van der Waals surface area contributed by atoms with Gasteiger partial charge in [-0.15, -0.1) is 0 Å². The van der Waals surface area contributed by atoms with Crippen LogP contribution in [0.3, 0.4) is 0 Å². The van der Waals surface area contributed by atoms with Gasteiger partial charge in [0, 0.05) is 12.3 Å². The Morgan fingerprint density at radius 3 is 1.50 bits per heavy atom. The van der Waals surface area contributed by atoms with Crippen molar-refractivity contribution in [3.8, 4) is 0 Å². The van der Waals surface area contributed by atoms with E-state index in [0.29, 0.717) is 12.3 Å². The van der Waals surface area contributed by atoms with Crippen LogP contribution in [0.25, 0.3) is 0 Å². The molecule has 0 saturated heterocycles. The van der Waals surface area contributed by atoms with Gasteiger partial charge in [0.2, 0.25) is 0 Å². The summed E-state index contributed by atoms with van der Waals surface area (Å²) in [5.41, 5.74) is 0. The molecule has 0 N–H and O–H groups in total. The lowest BCUT2D eigenvalue weighted by Crippen LogP contribution is -1.75. The van der Waals surface area contributed by atoms with E-state index in [2.05, 4.69) is 0 Å². The quantitative estimate of drug-likeness (QED) is 0.445. The van der Waals surface area contributed by atoms with Gasteiger partial charge in [0.05, 0.1) is 0 Å². The highest BCUT2D eigenvalue weighted by Gasteiger charge is 1.85. The van der Waals surface area contributed by atoms with Gasteiger partial charge in [0.25, 0.3) is 0 Å². The third kappa shape index (κ3) is 6.20. The Hall–Kier alpha value is 0.200. The Kier molecular flexibility index (Phi) is 7.38. The smallest absolute Gasteiger partial charge is 0.155 e. The van der Waals surface area contributed by atoms with Crippen LogP contribution in [0.15, 0.2) is 0 Å². The number of rotatable bonds is 5. The summed E-state index contributed by atoms with van der Waals surface area (Å²) in [5, 5.41) is 0. The van der Waals surface area contributed by atoms with E-state index >= 15 is 0 Å². The third-order valence-electron chi connectivity index (χ3n) is 0.749. The Morgan fingerprint density at radius 1 is 0.875 bits per heavy atom. The Labute approximate surface area is 52.1 Å². The molecule has 0 rings (SSSR count). The second kappa shape index (κ2) is 7.20. The van der Waals surface area contributed by atoms with Gasteiger partial charge in [0.1, 0.15) is 0 Å². The largest absolute Gasteiger partial charge is 0.275 e. The molecule has 0 radical (unpaired) electrons. The maximum atomic E-state index is 9.78. The summed E-state index contributed by atoms with van der Waals surface area (Å²) >= 11 is 0. The van der Waals surface area contributed by atoms with Crippen LogP contribution in [-0.2, 0) is 9.13 Å². The van der Waals surface area contributed by atoms with Gasteiger partial charge < -0.3 is 0 Å². The molecule has 0 aromatic heterocycles. The molecule has 0 saturated carbocycles. The van der Waals surface area contributed by atoms with E-state index in [0.717, 1.165) is 12.8 Å². The minimum atomic E-state index is 0.205. The lowest BCUT2D eigenvalue weighted by molar-refractivity contribution is 0.593. The third-order valence-corrected chi connectivity index (χ3v) is 1.75. The molecule has 0 atom stereocenters. The first-order valence-electron chi connectivity index (χ1n) is 2.50. The van der Waals surface area contributed by atoms with Crippen molar-refractivity contribution < 1.29 is 9.13 Å². The maximum Gasteiger partial charge on any atom is 0.155 e. The number of hydrogen-bond donors (Lipinski definition) is 0. The molecule has 0 aromatic rings. The van der Waals surface area contributed by atoms with Crippen molar-refractivity contribution in [1.29, 1.82) is 0 Å². The molecule has 0 aliphatic heterocycles. The first-order chi connectivity index (χ1) is 3.91. The molecule has 0 amide bonds. The molecule has 0 aliphatic rings. The van der Waals surface area contributed by atoms with Crippen LogP contribution in [0.2, 0.25) is 0 Å². The van der Waals surface area contributed by atoms with Gasteiger partial charge in [-0.2, -0.15) is 0 Å². The molecule has 8 heavy (non-hydrogen) atoms. The van der Waals surface area contributed by atoms with E-state index in [-0.39, 0.29) is 16.9 Å². The average Bonchev–Trinajstić information content (AvgIpc) is 1.81. The molecule has 0 fully saturated rings. The second-order valence-corrected chi connectivity index (χ2v) is 2.82. The fourth-order valence-corrected chi connectivity index (χ4v) is 1.06. The van der Waals surface area contributed by atoms with Crippen molar-refractivity contribution >= 4 is 16.9 Å². The van der Waals surface area contributed by atoms with E-state index in [1.54, 1.807) is 0 Å². The molecule has 2 nitrogen and oxygen atoms in total. The van der Waals surface area contributed by atoms with Crippen LogP contribution in [0, 0.1) is 0 Å². The fourth-order valence-electron chi connectivity index (χ4n) is 0.353. The molecule has 0 bridgehead atoms. The predicted molar refractivity (Wildman–Crippen MR) is 34.2 cm³/mol. The molecule has 0 unspecified atom stereocenters. The molecule has 46 valence electrons. The van der Waals surface area contributed by atoms with E-state index in [9.17, 15) is 9.13 Å². The highest BCUT2D eigenvalue weighted by atomic mass is 31.1. The average molecular weight is 150 g/mol. The molecule has 0 heterocycles. The molecule has 4 heteroatoms. The van der Waals surface area contributed by atoms with Crippen molar-refractivity contribution in [1.82, 2.24) is 0 Å². The van der Waals surface area contributed by atoms with Gasteiger partial charge >= 0.3 is 0 Å². The SMILES string of the molecule is O=PCCCCP=O. The lowest BCUT2D eigenvalue weighted by atomic mass is 10.4. The zero-order valence-corrected chi connectivity index (χ0v) is 6.33. The van der Waals surface area contributed by atoms with Crippen LogP contribution < -0.4 is 0 Å². The van der Waals surface area contributed by atoms with Crippen molar-refractivity contribution in [3.63, 3.8) is 0 Å². The summed E-state index contributed by atoms with van der Waals surface area (Å²) in [6, 6.07) is 0. The van der Waals surface area contributed by atoms with Crippen molar-refractivity contribution in [3.05, 3.63) is 0 Å². The van der Waals surface area contributed by atoms with Gasteiger partial charge in [-0.05, 0) is 12.8 Å². The summed E-state index contributed by atoms with van der Waals surface area (Å²) < 4.78 is 19.6. The van der Waals surface area contributed by atoms with E-state index in [4.69, 9.17) is 0 Å². The van der Waals surface area contributed by atoms with Crippen LogP contribution in [0.4, 0.5) is 0 Å². The topological polar surface area (TPSA) is 34.1 Å². The molecular formula is C4H8O2P2. The Morgan fingerprint density at radius 2 is 1.25 bits per heavy atom. The summed E-state index contributed by atoms with van der Waals surface area (Å²) in [6.07, 6.45) is 3.24. The Balaban J connectivity index is 2.71. The molecule has 0 spiro atoms. The summed E-state index contributed by atoms with van der Waals surface area (Å²) in [4.78, 5) is 0. The monoisotopic (exact) mass is 150 g/mol. The first-order valence-corrected chi connectivity index (χ1v) is 4.49. The van der Waals surface area contributed by atoms with Crippen LogP contribution in [-0.4, -0.2) is 12.3 Å². The van der Waals surface area contributed by atoms with E-state index in [1.807, 2.05) is 0 Å². The fraction of sp³-hybridized carbons (Fsp3) is 1.00. The van der Waals surface area contributed by atoms with Crippen LogP contribution in [0.1, 0.15) is 12.8 Å². The van der Waals surface area contributed by atoms with Crippen LogP contribution >= 0.6 is 16.9 Å². The van der Waals surface area contributed by atoms with Crippen molar-refractivity contribution in [2.75, 3.05) is 12.3 Å². The second-order valence-electron chi connectivity index (χ2n) is 1.41. The predicted octanol–water partition coefficient (Wildman–Crippen LogP) is 2.35. The first kappa shape index (κ1) is 8.20. The highest BCUT2D eigenvalue weighted by molar-refractivity contribution is 7.24. The van der Waals surface area contributed by atoms with Gasteiger partial charge in [-0.3, -0.25) is 9.13 Å². The zero-order valence-electron chi connectivity index (χ0n) is 4.54. The van der Waals surface area contributed by atoms with E-state index in [1.165, 1.54) is 0 Å². The lowest BCUT2D eigenvalue weighted by Gasteiger charge is -1.83. The molecule has 0 aromatic carbocycles.